The van der Waals surface area contributed by atoms with E-state index < -0.39 is 29.7 Å². The van der Waals surface area contributed by atoms with E-state index in [1.54, 1.807) is 31.8 Å². The van der Waals surface area contributed by atoms with Crippen molar-refractivity contribution < 1.29 is 24.2 Å². The standard InChI is InChI=1S/C16H20N2O6/c1-4-23-14(21)6-11(12-7-18(3)17-9(12)2)16-15(22)13(20)5-10(8-19)24-16/h5,7,11,19,22H,4,6,8H2,1-3H3. The molecule has 2 heterocycles. The predicted octanol–water partition coefficient (Wildman–Crippen LogP) is 0.965. The van der Waals surface area contributed by atoms with Gasteiger partial charge in [-0.3, -0.25) is 14.3 Å². The van der Waals surface area contributed by atoms with Crippen LogP contribution in [0.1, 0.15) is 42.0 Å². The molecule has 0 aromatic carbocycles. The van der Waals surface area contributed by atoms with Crippen LogP contribution in [-0.2, 0) is 23.2 Å². The Morgan fingerprint density at radius 1 is 1.50 bits per heavy atom. The normalized spacial score (nSPS) is 12.2. The second kappa shape index (κ2) is 7.31. The molecule has 8 heteroatoms. The number of aliphatic hydroxyl groups is 1. The van der Waals surface area contributed by atoms with Crippen LogP contribution in [0.4, 0.5) is 0 Å². The first-order valence-electron chi connectivity index (χ1n) is 7.49. The van der Waals surface area contributed by atoms with E-state index in [4.69, 9.17) is 9.15 Å². The summed E-state index contributed by atoms with van der Waals surface area (Å²) < 4.78 is 12.0. The van der Waals surface area contributed by atoms with Crippen molar-refractivity contribution in [3.05, 3.63) is 45.3 Å². The molecule has 2 N–H and O–H groups in total. The van der Waals surface area contributed by atoms with Crippen molar-refractivity contribution in [2.45, 2.75) is 32.8 Å². The topological polar surface area (TPSA) is 115 Å². The monoisotopic (exact) mass is 336 g/mol. The van der Waals surface area contributed by atoms with Crippen LogP contribution in [0.25, 0.3) is 0 Å². The molecule has 0 fully saturated rings. The number of aromatic nitrogens is 2. The molecule has 2 rings (SSSR count). The molecule has 0 aliphatic heterocycles. The number of aryl methyl sites for hydroxylation is 2. The van der Waals surface area contributed by atoms with E-state index in [0.717, 1.165) is 6.07 Å². The van der Waals surface area contributed by atoms with Crippen molar-refractivity contribution in [1.82, 2.24) is 9.78 Å². The smallest absolute Gasteiger partial charge is 0.306 e. The Morgan fingerprint density at radius 2 is 2.21 bits per heavy atom. The molecule has 0 aliphatic carbocycles. The van der Waals surface area contributed by atoms with Gasteiger partial charge in [0.15, 0.2) is 5.76 Å². The Balaban J connectivity index is 2.58. The molecular formula is C16H20N2O6. The number of nitrogens with zero attached hydrogens (tertiary/aromatic N) is 2. The number of aromatic hydroxyl groups is 1. The van der Waals surface area contributed by atoms with Gasteiger partial charge in [-0.05, 0) is 13.8 Å². The summed E-state index contributed by atoms with van der Waals surface area (Å²) in [6.07, 6.45) is 1.55. The van der Waals surface area contributed by atoms with E-state index in [1.165, 1.54) is 0 Å². The zero-order valence-electron chi connectivity index (χ0n) is 13.8. The van der Waals surface area contributed by atoms with Gasteiger partial charge >= 0.3 is 5.97 Å². The molecule has 0 saturated carbocycles. The highest BCUT2D eigenvalue weighted by molar-refractivity contribution is 5.71. The Kier molecular flexibility index (Phi) is 5.40. The largest absolute Gasteiger partial charge is 0.502 e. The Hall–Kier alpha value is -2.61. The van der Waals surface area contributed by atoms with E-state index in [9.17, 15) is 19.8 Å². The first-order chi connectivity index (χ1) is 11.4. The van der Waals surface area contributed by atoms with E-state index in [1.807, 2.05) is 0 Å². The lowest BCUT2D eigenvalue weighted by Crippen LogP contribution is -2.15. The van der Waals surface area contributed by atoms with Gasteiger partial charge in [0.2, 0.25) is 11.2 Å². The fraction of sp³-hybridized carbons (Fsp3) is 0.438. The number of aliphatic hydroxyl groups excluding tert-OH is 1. The SMILES string of the molecule is CCOC(=O)CC(c1cn(C)nc1C)c1oc(CO)cc(=O)c1O. The Labute approximate surface area is 138 Å². The van der Waals surface area contributed by atoms with Crippen LogP contribution in [0.15, 0.2) is 21.5 Å². The third kappa shape index (κ3) is 3.65. The minimum Gasteiger partial charge on any atom is -0.502 e. The molecule has 0 amide bonds. The van der Waals surface area contributed by atoms with Gasteiger partial charge in [-0.1, -0.05) is 0 Å². The Morgan fingerprint density at radius 3 is 2.75 bits per heavy atom. The molecule has 130 valence electrons. The molecular weight excluding hydrogens is 316 g/mol. The first-order valence-corrected chi connectivity index (χ1v) is 7.49. The molecule has 2 aromatic heterocycles. The molecule has 0 radical (unpaired) electrons. The van der Waals surface area contributed by atoms with Crippen LogP contribution >= 0.6 is 0 Å². The van der Waals surface area contributed by atoms with E-state index >= 15 is 0 Å². The van der Waals surface area contributed by atoms with Crippen molar-refractivity contribution in [3.63, 3.8) is 0 Å². The number of esters is 1. The van der Waals surface area contributed by atoms with E-state index in [-0.39, 0.29) is 24.5 Å². The van der Waals surface area contributed by atoms with Crippen LogP contribution in [0.3, 0.4) is 0 Å². The third-order valence-electron chi connectivity index (χ3n) is 3.58. The number of carbonyl (C=O) groups excluding carboxylic acids is 1. The number of hydrogen-bond donors (Lipinski definition) is 2. The number of ether oxygens (including phenoxy) is 1. The van der Waals surface area contributed by atoms with Crippen LogP contribution < -0.4 is 5.43 Å². The molecule has 0 aliphatic rings. The highest BCUT2D eigenvalue weighted by atomic mass is 16.5. The molecule has 0 saturated heterocycles. The first kappa shape index (κ1) is 17.7. The molecule has 0 bridgehead atoms. The summed E-state index contributed by atoms with van der Waals surface area (Å²) in [6, 6.07) is 1.01. The maximum Gasteiger partial charge on any atom is 0.306 e. The molecule has 0 spiro atoms. The lowest BCUT2D eigenvalue weighted by molar-refractivity contribution is -0.143. The molecule has 2 aromatic rings. The fourth-order valence-corrected chi connectivity index (χ4v) is 2.56. The van der Waals surface area contributed by atoms with Crippen LogP contribution in [0, 0.1) is 6.92 Å². The quantitative estimate of drug-likeness (QED) is 0.755. The van der Waals surface area contributed by atoms with Crippen molar-refractivity contribution in [3.8, 4) is 5.75 Å². The third-order valence-corrected chi connectivity index (χ3v) is 3.58. The van der Waals surface area contributed by atoms with Gasteiger partial charge in [0, 0.05) is 24.9 Å². The van der Waals surface area contributed by atoms with Gasteiger partial charge < -0.3 is 19.4 Å². The van der Waals surface area contributed by atoms with Gasteiger partial charge in [0.25, 0.3) is 0 Å². The van der Waals surface area contributed by atoms with Crippen molar-refractivity contribution in [2.75, 3.05) is 6.61 Å². The maximum absolute atomic E-state index is 12.0. The second-order valence-corrected chi connectivity index (χ2v) is 5.35. The summed E-state index contributed by atoms with van der Waals surface area (Å²) >= 11 is 0. The highest BCUT2D eigenvalue weighted by Gasteiger charge is 2.29. The van der Waals surface area contributed by atoms with Crippen molar-refractivity contribution in [1.29, 1.82) is 0 Å². The highest BCUT2D eigenvalue weighted by Crippen LogP contribution is 2.34. The summed E-state index contributed by atoms with van der Waals surface area (Å²) in [5.41, 5.74) is 0.568. The summed E-state index contributed by atoms with van der Waals surface area (Å²) in [4.78, 5) is 23.9. The fourth-order valence-electron chi connectivity index (χ4n) is 2.56. The van der Waals surface area contributed by atoms with E-state index in [0.29, 0.717) is 11.3 Å². The summed E-state index contributed by atoms with van der Waals surface area (Å²) in [6.45, 7) is 3.15. The molecule has 8 nitrogen and oxygen atoms in total. The number of carbonyl (C=O) groups is 1. The lowest BCUT2D eigenvalue weighted by Gasteiger charge is -2.16. The number of rotatable bonds is 6. The minimum atomic E-state index is -0.753. The second-order valence-electron chi connectivity index (χ2n) is 5.35. The van der Waals surface area contributed by atoms with Gasteiger partial charge in [0.05, 0.1) is 24.6 Å². The predicted molar refractivity (Wildman–Crippen MR) is 83.6 cm³/mol. The van der Waals surface area contributed by atoms with Crippen LogP contribution in [0.2, 0.25) is 0 Å². The van der Waals surface area contributed by atoms with Crippen LogP contribution in [0.5, 0.6) is 5.75 Å². The zero-order chi connectivity index (χ0) is 17.9. The lowest BCUT2D eigenvalue weighted by atomic mass is 9.92. The molecule has 24 heavy (non-hydrogen) atoms. The van der Waals surface area contributed by atoms with Gasteiger partial charge in [-0.25, -0.2) is 0 Å². The number of hydrogen-bond acceptors (Lipinski definition) is 7. The van der Waals surface area contributed by atoms with Crippen LogP contribution in [-0.4, -0.2) is 32.6 Å². The van der Waals surface area contributed by atoms with Gasteiger partial charge in [-0.15, -0.1) is 0 Å². The van der Waals surface area contributed by atoms with Crippen molar-refractivity contribution >= 4 is 5.97 Å². The summed E-state index contributed by atoms with van der Waals surface area (Å²) in [7, 11) is 1.72. The van der Waals surface area contributed by atoms with Gasteiger partial charge in [0.1, 0.15) is 12.4 Å². The Bertz CT molecular complexity index is 792. The maximum atomic E-state index is 12.0. The summed E-state index contributed by atoms with van der Waals surface area (Å²) in [5.74, 6) is -1.93. The van der Waals surface area contributed by atoms with E-state index in [2.05, 4.69) is 5.10 Å². The summed E-state index contributed by atoms with van der Waals surface area (Å²) in [5, 5.41) is 23.6. The zero-order valence-corrected chi connectivity index (χ0v) is 13.8. The average molecular weight is 336 g/mol. The minimum absolute atomic E-state index is 0.00297. The molecule has 1 atom stereocenters. The van der Waals surface area contributed by atoms with Crippen molar-refractivity contribution in [2.24, 2.45) is 7.05 Å². The average Bonchev–Trinajstić information content (AvgIpc) is 2.86. The van der Waals surface area contributed by atoms with Gasteiger partial charge in [-0.2, -0.15) is 5.10 Å². The molecule has 1 unspecified atom stereocenters.